The molecule has 6 nitrogen and oxygen atoms in total. The highest BCUT2D eigenvalue weighted by Gasteiger charge is 2.43. The van der Waals surface area contributed by atoms with Crippen molar-refractivity contribution in [3.8, 4) is 0 Å². The number of aliphatic hydroxyl groups excluding tert-OH is 1. The smallest absolute Gasteiger partial charge is 0.308 e. The zero-order valence-electron chi connectivity index (χ0n) is 14.0. The number of hydrogen-bond acceptors (Lipinski definition) is 4. The van der Waals surface area contributed by atoms with E-state index in [9.17, 15) is 13.5 Å². The molecule has 1 N–H and O–H groups in total. The first-order valence-electron chi connectivity index (χ1n) is 6.98. The predicted molar refractivity (Wildman–Crippen MR) is 87.9 cm³/mol. The summed E-state index contributed by atoms with van der Waals surface area (Å²) in [6.07, 6.45) is 1.85. The van der Waals surface area contributed by atoms with Gasteiger partial charge in [-0.15, -0.1) is 0 Å². The molecule has 0 radical (unpaired) electrons. The summed E-state index contributed by atoms with van der Waals surface area (Å²) in [6.45, 7) is 10.5. The Kier molecular flexibility index (Phi) is 5.09. The third-order valence-electron chi connectivity index (χ3n) is 4.28. The van der Waals surface area contributed by atoms with E-state index in [2.05, 4.69) is 38.8 Å². The lowest BCUT2D eigenvalue weighted by Gasteiger charge is -2.36. The van der Waals surface area contributed by atoms with Crippen LogP contribution in [-0.4, -0.2) is 55.6 Å². The zero-order valence-corrected chi connectivity index (χ0v) is 15.8. The molecule has 0 spiro atoms. The second kappa shape index (κ2) is 5.83. The number of hydrogen-bond donors (Lipinski definition) is 1. The van der Waals surface area contributed by atoms with Crippen LogP contribution >= 0.6 is 0 Å². The summed E-state index contributed by atoms with van der Waals surface area (Å²) < 4.78 is 27.9. The third kappa shape index (κ3) is 3.23. The van der Waals surface area contributed by atoms with Crippen LogP contribution in [-0.2, 0) is 16.6 Å². The standard InChI is InChI=1S/C13H27N3O3SSi/c1-13(2,3)21(6,7)12-14-10-11(8-9-17)16(12)20(18,19)15(4)5/h10,17H,8-9H2,1-7H3. The van der Waals surface area contributed by atoms with E-state index >= 15 is 0 Å². The molecule has 0 saturated heterocycles. The van der Waals surface area contributed by atoms with E-state index < -0.39 is 18.3 Å². The highest BCUT2D eigenvalue weighted by molar-refractivity contribution is 7.87. The molecular formula is C13H27N3O3SSi. The summed E-state index contributed by atoms with van der Waals surface area (Å²) in [7, 11) is -2.76. The van der Waals surface area contributed by atoms with Gasteiger partial charge in [-0.2, -0.15) is 12.7 Å². The van der Waals surface area contributed by atoms with Crippen molar-refractivity contribution < 1.29 is 13.5 Å². The first-order valence-corrected chi connectivity index (χ1v) is 11.4. The van der Waals surface area contributed by atoms with Crippen molar-refractivity contribution in [3.63, 3.8) is 0 Å². The van der Waals surface area contributed by atoms with Crippen LogP contribution in [0.3, 0.4) is 0 Å². The molecule has 122 valence electrons. The van der Waals surface area contributed by atoms with Gasteiger partial charge in [0.15, 0.2) is 0 Å². The second-order valence-corrected chi connectivity index (χ2v) is 14.2. The summed E-state index contributed by atoms with van der Waals surface area (Å²) >= 11 is 0. The van der Waals surface area contributed by atoms with E-state index in [-0.39, 0.29) is 18.1 Å². The van der Waals surface area contributed by atoms with Crippen LogP contribution in [0.15, 0.2) is 6.20 Å². The maximum absolute atomic E-state index is 12.7. The van der Waals surface area contributed by atoms with E-state index in [4.69, 9.17) is 0 Å². The zero-order chi connectivity index (χ0) is 16.6. The Balaban J connectivity index is 3.65. The van der Waals surface area contributed by atoms with Gasteiger partial charge in [-0.05, 0) is 5.04 Å². The van der Waals surface area contributed by atoms with Crippen LogP contribution < -0.4 is 5.45 Å². The molecule has 1 heterocycles. The van der Waals surface area contributed by atoms with Crippen molar-refractivity contribution in [3.05, 3.63) is 11.9 Å². The number of aromatic nitrogens is 2. The molecule has 0 saturated carbocycles. The molecule has 1 rings (SSSR count). The Morgan fingerprint density at radius 3 is 2.24 bits per heavy atom. The molecule has 0 unspecified atom stereocenters. The molecule has 0 aliphatic heterocycles. The predicted octanol–water partition coefficient (Wildman–Crippen LogP) is 0.788. The first kappa shape index (κ1) is 18.3. The summed E-state index contributed by atoms with van der Waals surface area (Å²) in [5.41, 5.74) is 1.16. The van der Waals surface area contributed by atoms with Crippen molar-refractivity contribution in [1.82, 2.24) is 13.3 Å². The fraction of sp³-hybridized carbons (Fsp3) is 0.769. The lowest BCUT2D eigenvalue weighted by Crippen LogP contribution is -2.56. The molecule has 1 aromatic heterocycles. The minimum absolute atomic E-state index is 0.0333. The van der Waals surface area contributed by atoms with Gasteiger partial charge in [-0.1, -0.05) is 33.9 Å². The van der Waals surface area contributed by atoms with Gasteiger partial charge in [-0.25, -0.2) is 8.96 Å². The molecule has 8 heteroatoms. The van der Waals surface area contributed by atoms with Gasteiger partial charge < -0.3 is 5.11 Å². The Morgan fingerprint density at radius 2 is 1.86 bits per heavy atom. The van der Waals surface area contributed by atoms with Gasteiger partial charge in [0.2, 0.25) is 0 Å². The highest BCUT2D eigenvalue weighted by atomic mass is 32.2. The fourth-order valence-corrected chi connectivity index (χ4v) is 5.60. The lowest BCUT2D eigenvalue weighted by molar-refractivity contribution is 0.298. The van der Waals surface area contributed by atoms with E-state index in [0.29, 0.717) is 11.1 Å². The highest BCUT2D eigenvalue weighted by Crippen LogP contribution is 2.35. The van der Waals surface area contributed by atoms with Crippen LogP contribution in [0.2, 0.25) is 18.1 Å². The maximum atomic E-state index is 12.7. The minimum Gasteiger partial charge on any atom is -0.396 e. The summed E-state index contributed by atoms with van der Waals surface area (Å²) in [5.74, 6) is 0. The van der Waals surface area contributed by atoms with E-state index in [0.717, 1.165) is 0 Å². The van der Waals surface area contributed by atoms with Crippen molar-refractivity contribution in [2.45, 2.75) is 45.3 Å². The average molecular weight is 334 g/mol. The molecule has 0 aliphatic carbocycles. The van der Waals surface area contributed by atoms with Crippen LogP contribution in [0, 0.1) is 0 Å². The number of aliphatic hydroxyl groups is 1. The number of nitrogens with zero attached hydrogens (tertiary/aromatic N) is 3. The molecule has 1 aromatic rings. The molecule has 0 amide bonds. The second-order valence-electron chi connectivity index (χ2n) is 6.98. The molecular weight excluding hydrogens is 306 g/mol. The minimum atomic E-state index is -3.65. The molecule has 0 aromatic carbocycles. The lowest BCUT2D eigenvalue weighted by atomic mass is 10.2. The van der Waals surface area contributed by atoms with E-state index in [1.807, 2.05) is 0 Å². The maximum Gasteiger partial charge on any atom is 0.308 e. The Bertz CT molecular complexity index is 601. The summed E-state index contributed by atoms with van der Waals surface area (Å²) in [4.78, 5) is 4.43. The van der Waals surface area contributed by atoms with Gasteiger partial charge in [0.25, 0.3) is 0 Å². The normalized spacial score (nSPS) is 14.0. The molecule has 0 bridgehead atoms. The molecule has 0 aliphatic rings. The van der Waals surface area contributed by atoms with E-state index in [1.54, 1.807) is 6.20 Å². The van der Waals surface area contributed by atoms with Gasteiger partial charge in [-0.3, -0.25) is 0 Å². The van der Waals surface area contributed by atoms with E-state index in [1.165, 1.54) is 22.4 Å². The van der Waals surface area contributed by atoms with Crippen LogP contribution in [0.25, 0.3) is 0 Å². The SMILES string of the molecule is CN(C)S(=O)(=O)n1c(CCO)cnc1[Si](C)(C)C(C)(C)C. The summed E-state index contributed by atoms with van der Waals surface area (Å²) in [6, 6.07) is 0. The largest absolute Gasteiger partial charge is 0.396 e. The van der Waals surface area contributed by atoms with Gasteiger partial charge in [0, 0.05) is 33.3 Å². The molecule has 0 fully saturated rings. The van der Waals surface area contributed by atoms with Crippen LogP contribution in [0.4, 0.5) is 0 Å². The molecule has 21 heavy (non-hydrogen) atoms. The van der Waals surface area contributed by atoms with Gasteiger partial charge in [0.1, 0.15) is 13.5 Å². The number of rotatable bonds is 5. The van der Waals surface area contributed by atoms with Gasteiger partial charge >= 0.3 is 10.2 Å². The Hall–Kier alpha value is -0.703. The fourth-order valence-electron chi connectivity index (χ4n) is 1.83. The van der Waals surface area contributed by atoms with Crippen molar-refractivity contribution in [2.24, 2.45) is 0 Å². The van der Waals surface area contributed by atoms with Crippen molar-refractivity contribution in [2.75, 3.05) is 20.7 Å². The van der Waals surface area contributed by atoms with Crippen molar-refractivity contribution >= 4 is 23.7 Å². The number of imidazole rings is 1. The quantitative estimate of drug-likeness (QED) is 0.808. The Labute approximate surface area is 129 Å². The Morgan fingerprint density at radius 1 is 1.33 bits per heavy atom. The van der Waals surface area contributed by atoms with Crippen molar-refractivity contribution in [1.29, 1.82) is 0 Å². The molecule has 0 atom stereocenters. The van der Waals surface area contributed by atoms with Gasteiger partial charge in [0.05, 0.1) is 5.69 Å². The van der Waals surface area contributed by atoms with Crippen LogP contribution in [0.1, 0.15) is 26.5 Å². The topological polar surface area (TPSA) is 75.4 Å². The average Bonchev–Trinajstić information content (AvgIpc) is 2.72. The monoisotopic (exact) mass is 333 g/mol. The van der Waals surface area contributed by atoms with Crippen LogP contribution in [0.5, 0.6) is 0 Å². The third-order valence-corrected chi connectivity index (χ3v) is 11.5. The summed E-state index contributed by atoms with van der Waals surface area (Å²) in [5, 5.41) is 9.15. The first-order chi connectivity index (χ1) is 9.37.